The van der Waals surface area contributed by atoms with Gasteiger partial charge in [-0.3, -0.25) is 4.79 Å². The largest absolute Gasteiger partial charge is 0.469 e. The SMILES string of the molecule is Cc1cc(C(N)c2ccc3c(c2)CCCC(=O)N3)co1. The predicted molar refractivity (Wildman–Crippen MR) is 77.5 cm³/mol. The van der Waals surface area contributed by atoms with E-state index in [0.29, 0.717) is 6.42 Å². The minimum Gasteiger partial charge on any atom is -0.469 e. The maximum absolute atomic E-state index is 11.5. The molecule has 1 unspecified atom stereocenters. The molecule has 2 heterocycles. The number of hydrogen-bond donors (Lipinski definition) is 2. The van der Waals surface area contributed by atoms with Crippen molar-refractivity contribution in [1.29, 1.82) is 0 Å². The van der Waals surface area contributed by atoms with Gasteiger partial charge in [0.2, 0.25) is 5.91 Å². The number of nitrogens with one attached hydrogen (secondary N) is 1. The molecule has 104 valence electrons. The first-order chi connectivity index (χ1) is 9.63. The second-order valence-corrected chi connectivity index (χ2v) is 5.29. The summed E-state index contributed by atoms with van der Waals surface area (Å²) in [7, 11) is 0. The van der Waals surface area contributed by atoms with E-state index in [-0.39, 0.29) is 11.9 Å². The topological polar surface area (TPSA) is 68.3 Å². The molecule has 0 spiro atoms. The number of benzene rings is 1. The van der Waals surface area contributed by atoms with Crippen LogP contribution in [-0.2, 0) is 11.2 Å². The van der Waals surface area contributed by atoms with Crippen LogP contribution < -0.4 is 11.1 Å². The van der Waals surface area contributed by atoms with Crippen LogP contribution in [0.3, 0.4) is 0 Å². The maximum Gasteiger partial charge on any atom is 0.224 e. The monoisotopic (exact) mass is 270 g/mol. The van der Waals surface area contributed by atoms with Gasteiger partial charge >= 0.3 is 0 Å². The number of rotatable bonds is 2. The van der Waals surface area contributed by atoms with Gasteiger partial charge in [-0.15, -0.1) is 0 Å². The standard InChI is InChI=1S/C16H18N2O2/c1-10-7-13(9-20-10)16(17)12-5-6-14-11(8-12)3-2-4-15(19)18-14/h5-9,16H,2-4,17H2,1H3,(H,18,19). The van der Waals surface area contributed by atoms with E-state index < -0.39 is 0 Å². The summed E-state index contributed by atoms with van der Waals surface area (Å²) >= 11 is 0. The van der Waals surface area contributed by atoms with Crippen molar-refractivity contribution in [3.8, 4) is 0 Å². The van der Waals surface area contributed by atoms with Crippen molar-refractivity contribution in [3.05, 3.63) is 53.0 Å². The van der Waals surface area contributed by atoms with E-state index in [2.05, 4.69) is 11.4 Å². The first-order valence-corrected chi connectivity index (χ1v) is 6.87. The number of nitrogens with two attached hydrogens (primary N) is 1. The third-order valence-corrected chi connectivity index (χ3v) is 3.72. The Morgan fingerprint density at radius 3 is 2.85 bits per heavy atom. The van der Waals surface area contributed by atoms with Gasteiger partial charge in [-0.25, -0.2) is 0 Å². The molecule has 3 rings (SSSR count). The van der Waals surface area contributed by atoms with Crippen molar-refractivity contribution < 1.29 is 9.21 Å². The molecule has 1 aromatic carbocycles. The van der Waals surface area contributed by atoms with Gasteiger partial charge in [-0.2, -0.15) is 0 Å². The van der Waals surface area contributed by atoms with Crippen LogP contribution in [0.4, 0.5) is 5.69 Å². The third-order valence-electron chi connectivity index (χ3n) is 3.72. The molecule has 0 saturated carbocycles. The van der Waals surface area contributed by atoms with Gasteiger partial charge in [-0.1, -0.05) is 12.1 Å². The lowest BCUT2D eigenvalue weighted by molar-refractivity contribution is -0.116. The predicted octanol–water partition coefficient (Wildman–Crippen LogP) is 2.91. The minimum atomic E-state index is -0.197. The quantitative estimate of drug-likeness (QED) is 0.881. The van der Waals surface area contributed by atoms with E-state index in [1.54, 1.807) is 6.26 Å². The summed E-state index contributed by atoms with van der Waals surface area (Å²) in [4.78, 5) is 11.5. The molecule has 0 aliphatic carbocycles. The molecule has 1 aliphatic rings. The van der Waals surface area contributed by atoms with Crippen LogP contribution in [0.15, 0.2) is 34.9 Å². The molecule has 0 saturated heterocycles. The molecular formula is C16H18N2O2. The molecule has 0 fully saturated rings. The molecule has 4 heteroatoms. The Kier molecular flexibility index (Phi) is 3.32. The Labute approximate surface area is 118 Å². The lowest BCUT2D eigenvalue weighted by atomic mass is 9.97. The molecule has 2 aromatic rings. The highest BCUT2D eigenvalue weighted by molar-refractivity contribution is 5.92. The zero-order chi connectivity index (χ0) is 14.1. The van der Waals surface area contributed by atoms with E-state index in [0.717, 1.165) is 41.0 Å². The van der Waals surface area contributed by atoms with Crippen molar-refractivity contribution in [2.45, 2.75) is 32.2 Å². The van der Waals surface area contributed by atoms with Gasteiger partial charge in [0.25, 0.3) is 0 Å². The van der Waals surface area contributed by atoms with Gasteiger partial charge in [0.1, 0.15) is 5.76 Å². The van der Waals surface area contributed by atoms with Crippen molar-refractivity contribution in [2.75, 3.05) is 5.32 Å². The number of amides is 1. The fourth-order valence-corrected chi connectivity index (χ4v) is 2.61. The lowest BCUT2D eigenvalue weighted by Crippen LogP contribution is -2.12. The van der Waals surface area contributed by atoms with Crippen molar-refractivity contribution in [3.63, 3.8) is 0 Å². The highest BCUT2D eigenvalue weighted by atomic mass is 16.3. The summed E-state index contributed by atoms with van der Waals surface area (Å²) in [6.45, 7) is 1.91. The minimum absolute atomic E-state index is 0.0891. The molecule has 1 atom stereocenters. The lowest BCUT2D eigenvalue weighted by Gasteiger charge is -2.14. The number of anilines is 1. The van der Waals surface area contributed by atoms with Crippen molar-refractivity contribution in [2.24, 2.45) is 5.73 Å². The maximum atomic E-state index is 11.5. The number of carbonyl (C=O) groups is 1. The van der Waals surface area contributed by atoms with Crippen LogP contribution in [-0.4, -0.2) is 5.91 Å². The van der Waals surface area contributed by atoms with Crippen LogP contribution in [0.2, 0.25) is 0 Å². The van der Waals surface area contributed by atoms with Crippen LogP contribution in [0, 0.1) is 6.92 Å². The second kappa shape index (κ2) is 5.13. The fraction of sp³-hybridized carbons (Fsp3) is 0.312. The third kappa shape index (κ3) is 2.47. The fourth-order valence-electron chi connectivity index (χ4n) is 2.61. The number of aryl methyl sites for hydroxylation is 2. The van der Waals surface area contributed by atoms with E-state index in [1.807, 2.05) is 25.1 Å². The molecule has 0 bridgehead atoms. The molecule has 20 heavy (non-hydrogen) atoms. The first kappa shape index (κ1) is 12.9. The zero-order valence-electron chi connectivity index (χ0n) is 11.5. The Morgan fingerprint density at radius 2 is 2.10 bits per heavy atom. The molecule has 3 N–H and O–H groups in total. The van der Waals surface area contributed by atoms with E-state index in [4.69, 9.17) is 10.2 Å². The van der Waals surface area contributed by atoms with Crippen molar-refractivity contribution in [1.82, 2.24) is 0 Å². The molecular weight excluding hydrogens is 252 g/mol. The van der Waals surface area contributed by atoms with E-state index in [1.165, 1.54) is 0 Å². The van der Waals surface area contributed by atoms with Gasteiger partial charge in [0.15, 0.2) is 0 Å². The van der Waals surface area contributed by atoms with E-state index >= 15 is 0 Å². The van der Waals surface area contributed by atoms with Gasteiger partial charge < -0.3 is 15.5 Å². The summed E-state index contributed by atoms with van der Waals surface area (Å²) in [5.74, 6) is 0.948. The van der Waals surface area contributed by atoms with Crippen LogP contribution in [0.25, 0.3) is 0 Å². The molecule has 1 amide bonds. The summed E-state index contributed by atoms with van der Waals surface area (Å²) < 4.78 is 5.32. The van der Waals surface area contributed by atoms with Crippen LogP contribution >= 0.6 is 0 Å². The second-order valence-electron chi connectivity index (χ2n) is 5.29. The zero-order valence-corrected chi connectivity index (χ0v) is 11.5. The molecule has 1 aromatic heterocycles. The Bertz CT molecular complexity index is 646. The summed E-state index contributed by atoms with van der Waals surface area (Å²) in [6.07, 6.45) is 4.06. The number of carbonyl (C=O) groups excluding carboxylic acids is 1. The Morgan fingerprint density at radius 1 is 1.25 bits per heavy atom. The summed E-state index contributed by atoms with van der Waals surface area (Å²) in [5.41, 5.74) is 10.4. The molecule has 4 nitrogen and oxygen atoms in total. The van der Waals surface area contributed by atoms with Crippen molar-refractivity contribution >= 4 is 11.6 Å². The summed E-state index contributed by atoms with van der Waals surface area (Å²) in [5, 5.41) is 2.93. The average molecular weight is 270 g/mol. The average Bonchev–Trinajstić information content (AvgIpc) is 2.77. The highest BCUT2D eigenvalue weighted by Crippen LogP contribution is 2.28. The molecule has 0 radical (unpaired) electrons. The van der Waals surface area contributed by atoms with Crippen LogP contribution in [0.1, 0.15) is 41.3 Å². The number of furan rings is 1. The van der Waals surface area contributed by atoms with Gasteiger partial charge in [0.05, 0.1) is 12.3 Å². The van der Waals surface area contributed by atoms with Crippen LogP contribution in [0.5, 0.6) is 0 Å². The Hall–Kier alpha value is -2.07. The normalized spacial score (nSPS) is 16.2. The number of hydrogen-bond acceptors (Lipinski definition) is 3. The first-order valence-electron chi connectivity index (χ1n) is 6.87. The molecule has 1 aliphatic heterocycles. The van der Waals surface area contributed by atoms with Gasteiger partial charge in [-0.05, 0) is 43.0 Å². The highest BCUT2D eigenvalue weighted by Gasteiger charge is 2.16. The summed E-state index contributed by atoms with van der Waals surface area (Å²) in [6, 6.07) is 7.76. The number of fused-ring (bicyclic) bond motifs is 1. The Balaban J connectivity index is 1.92. The van der Waals surface area contributed by atoms with Gasteiger partial charge in [0, 0.05) is 17.7 Å². The van der Waals surface area contributed by atoms with E-state index in [9.17, 15) is 4.79 Å². The smallest absolute Gasteiger partial charge is 0.224 e.